The molecule has 2 aromatic heterocycles. The molecular weight excluding hydrogens is 416 g/mol. The van der Waals surface area contributed by atoms with Crippen LogP contribution in [0.5, 0.6) is 5.75 Å². The van der Waals surface area contributed by atoms with Crippen molar-refractivity contribution in [1.29, 1.82) is 0 Å². The number of ether oxygens (including phenoxy) is 2. The first-order chi connectivity index (χ1) is 15.7. The smallest absolute Gasteiger partial charge is 0.337 e. The minimum Gasteiger partial charge on any atom is -0.493 e. The van der Waals surface area contributed by atoms with Gasteiger partial charge in [0.15, 0.2) is 6.10 Å². The Hall–Kier alpha value is -3.51. The van der Waals surface area contributed by atoms with E-state index in [0.717, 1.165) is 50.7 Å². The number of rotatable bonds is 4. The first-order valence-corrected chi connectivity index (χ1v) is 11.1. The highest BCUT2D eigenvalue weighted by atomic mass is 16.5. The fraction of sp³-hybridized carbons (Fsp3) is 0.296. The molecule has 0 bridgehead atoms. The largest absolute Gasteiger partial charge is 0.493 e. The van der Waals surface area contributed by atoms with Crippen molar-refractivity contribution in [2.24, 2.45) is 0 Å². The van der Waals surface area contributed by atoms with E-state index in [0.29, 0.717) is 12.2 Å². The molecule has 0 spiro atoms. The van der Waals surface area contributed by atoms with Crippen LogP contribution in [0.25, 0.3) is 32.9 Å². The molecule has 1 atom stereocenters. The topological polar surface area (TPSA) is 81.5 Å². The molecule has 33 heavy (non-hydrogen) atoms. The molecule has 3 heterocycles. The lowest BCUT2D eigenvalue weighted by Crippen LogP contribution is -2.28. The molecule has 0 amide bonds. The Bertz CT molecular complexity index is 1390. The van der Waals surface area contributed by atoms with Gasteiger partial charge in [-0.15, -0.1) is 0 Å². The summed E-state index contributed by atoms with van der Waals surface area (Å²) in [6, 6.07) is 11.7. The second kappa shape index (κ2) is 7.81. The van der Waals surface area contributed by atoms with Crippen LogP contribution in [0.1, 0.15) is 43.6 Å². The number of pyridine rings is 2. The maximum absolute atomic E-state index is 12.5. The van der Waals surface area contributed by atoms with Gasteiger partial charge in [-0.3, -0.25) is 9.97 Å². The Balaban J connectivity index is 1.90. The van der Waals surface area contributed by atoms with E-state index in [4.69, 9.17) is 14.5 Å². The molecule has 0 unspecified atom stereocenters. The molecule has 1 aliphatic heterocycles. The van der Waals surface area contributed by atoms with Crippen molar-refractivity contribution in [2.45, 2.75) is 45.8 Å². The van der Waals surface area contributed by atoms with Crippen molar-refractivity contribution in [2.75, 3.05) is 6.61 Å². The summed E-state index contributed by atoms with van der Waals surface area (Å²) in [4.78, 5) is 21.8. The predicted molar refractivity (Wildman–Crippen MR) is 128 cm³/mol. The Morgan fingerprint density at radius 1 is 1.15 bits per heavy atom. The summed E-state index contributed by atoms with van der Waals surface area (Å²) in [5.74, 6) is -0.225. The maximum atomic E-state index is 12.5. The van der Waals surface area contributed by atoms with E-state index in [1.165, 1.54) is 5.56 Å². The van der Waals surface area contributed by atoms with Crippen LogP contribution in [0.3, 0.4) is 0 Å². The summed E-state index contributed by atoms with van der Waals surface area (Å²) in [5, 5.41) is 12.1. The molecule has 0 saturated heterocycles. The van der Waals surface area contributed by atoms with Crippen LogP contribution in [0.4, 0.5) is 0 Å². The quantitative estimate of drug-likeness (QED) is 0.441. The lowest BCUT2D eigenvalue weighted by Gasteiger charge is -2.29. The van der Waals surface area contributed by atoms with Crippen LogP contribution in [0, 0.1) is 6.92 Å². The van der Waals surface area contributed by atoms with Crippen molar-refractivity contribution in [3.63, 3.8) is 0 Å². The molecule has 0 fully saturated rings. The van der Waals surface area contributed by atoms with Crippen LogP contribution < -0.4 is 4.74 Å². The molecule has 0 saturated carbocycles. The Morgan fingerprint density at radius 2 is 1.97 bits per heavy atom. The number of carboxylic acid groups (broad SMARTS) is 1. The SMILES string of the molecule is Cc1cc2ncccc2c(-c2ccc3c4c(ccnc24)CCO3)c1[C@H](OC(C)(C)C)C(=O)O. The molecule has 0 radical (unpaired) electrons. The number of hydrogen-bond acceptors (Lipinski definition) is 5. The van der Waals surface area contributed by atoms with Gasteiger partial charge in [-0.25, -0.2) is 4.79 Å². The van der Waals surface area contributed by atoms with Crippen LogP contribution in [-0.2, 0) is 16.0 Å². The molecular formula is C27H26N2O4. The number of benzene rings is 2. The van der Waals surface area contributed by atoms with Gasteiger partial charge in [-0.05, 0) is 74.7 Å². The Labute approximate surface area is 192 Å². The van der Waals surface area contributed by atoms with Gasteiger partial charge in [0, 0.05) is 40.7 Å². The summed E-state index contributed by atoms with van der Waals surface area (Å²) in [5.41, 5.74) is 5.19. The van der Waals surface area contributed by atoms with Gasteiger partial charge in [-0.1, -0.05) is 6.07 Å². The fourth-order valence-corrected chi connectivity index (χ4v) is 4.69. The van der Waals surface area contributed by atoms with E-state index in [2.05, 4.69) is 4.98 Å². The molecule has 6 heteroatoms. The van der Waals surface area contributed by atoms with Crippen molar-refractivity contribution in [1.82, 2.24) is 9.97 Å². The van der Waals surface area contributed by atoms with Gasteiger partial charge in [0.1, 0.15) is 5.75 Å². The van der Waals surface area contributed by atoms with Crippen molar-refractivity contribution in [3.05, 3.63) is 65.5 Å². The van der Waals surface area contributed by atoms with Crippen molar-refractivity contribution >= 4 is 27.8 Å². The van der Waals surface area contributed by atoms with Gasteiger partial charge in [0.05, 0.1) is 23.2 Å². The average Bonchev–Trinajstić information content (AvgIpc) is 2.77. The second-order valence-electron chi connectivity index (χ2n) is 9.40. The predicted octanol–water partition coefficient (Wildman–Crippen LogP) is 5.63. The van der Waals surface area contributed by atoms with E-state index in [-0.39, 0.29) is 0 Å². The Kier molecular flexibility index (Phi) is 5.05. The molecule has 1 aliphatic rings. The van der Waals surface area contributed by atoms with Crippen LogP contribution in [-0.4, -0.2) is 33.3 Å². The number of carboxylic acids is 1. The monoisotopic (exact) mass is 442 g/mol. The highest BCUT2D eigenvalue weighted by molar-refractivity contribution is 6.08. The normalized spacial score (nSPS) is 14.3. The zero-order valence-corrected chi connectivity index (χ0v) is 19.2. The first-order valence-electron chi connectivity index (χ1n) is 11.1. The number of aryl methyl sites for hydroxylation is 1. The standard InChI is InChI=1S/C27H26N2O4/c1-15-14-19-17(6-5-11-28-19)23(21(15)25(26(30)31)33-27(2,3)4)18-7-8-20-22-16(10-13-32-20)9-12-29-24(18)22/h5-9,11-12,14,25H,10,13H2,1-4H3,(H,30,31)/t25-/m0/s1. The van der Waals surface area contributed by atoms with Crippen molar-refractivity contribution < 1.29 is 19.4 Å². The van der Waals surface area contributed by atoms with Gasteiger partial charge >= 0.3 is 5.97 Å². The fourth-order valence-electron chi connectivity index (χ4n) is 4.69. The number of hydrogen-bond donors (Lipinski definition) is 1. The minimum atomic E-state index is -1.15. The zero-order chi connectivity index (χ0) is 23.3. The highest BCUT2D eigenvalue weighted by Crippen LogP contribution is 2.44. The third-order valence-electron chi connectivity index (χ3n) is 5.95. The van der Waals surface area contributed by atoms with E-state index in [9.17, 15) is 9.90 Å². The molecule has 6 nitrogen and oxygen atoms in total. The van der Waals surface area contributed by atoms with Crippen LogP contribution in [0.15, 0.2) is 48.8 Å². The van der Waals surface area contributed by atoms with Crippen LogP contribution >= 0.6 is 0 Å². The van der Waals surface area contributed by atoms with E-state index in [1.807, 2.05) is 70.3 Å². The summed E-state index contributed by atoms with van der Waals surface area (Å²) in [7, 11) is 0. The van der Waals surface area contributed by atoms with Gasteiger partial charge in [0.25, 0.3) is 0 Å². The summed E-state index contributed by atoms with van der Waals surface area (Å²) in [6.45, 7) is 8.14. The number of aromatic nitrogens is 2. The third-order valence-corrected chi connectivity index (χ3v) is 5.95. The zero-order valence-electron chi connectivity index (χ0n) is 19.2. The van der Waals surface area contributed by atoms with Crippen LogP contribution in [0.2, 0.25) is 0 Å². The van der Waals surface area contributed by atoms with Crippen molar-refractivity contribution in [3.8, 4) is 16.9 Å². The molecule has 4 aromatic rings. The van der Waals surface area contributed by atoms with Gasteiger partial charge < -0.3 is 14.6 Å². The Morgan fingerprint density at radius 3 is 2.73 bits per heavy atom. The molecule has 2 aromatic carbocycles. The molecule has 0 aliphatic carbocycles. The summed E-state index contributed by atoms with van der Waals surface area (Å²) in [6.07, 6.45) is 3.22. The highest BCUT2D eigenvalue weighted by Gasteiger charge is 2.32. The lowest BCUT2D eigenvalue weighted by molar-refractivity contribution is -0.160. The number of fused-ring (bicyclic) bond motifs is 1. The van der Waals surface area contributed by atoms with E-state index >= 15 is 0 Å². The third kappa shape index (κ3) is 3.70. The molecule has 168 valence electrons. The second-order valence-corrected chi connectivity index (χ2v) is 9.40. The van der Waals surface area contributed by atoms with Gasteiger partial charge in [-0.2, -0.15) is 0 Å². The van der Waals surface area contributed by atoms with E-state index < -0.39 is 17.7 Å². The lowest BCUT2D eigenvalue weighted by atomic mass is 9.86. The first kappa shape index (κ1) is 21.3. The summed E-state index contributed by atoms with van der Waals surface area (Å²) >= 11 is 0. The molecule has 5 rings (SSSR count). The maximum Gasteiger partial charge on any atom is 0.337 e. The summed E-state index contributed by atoms with van der Waals surface area (Å²) < 4.78 is 12.0. The molecule has 1 N–H and O–H groups in total. The number of aliphatic carboxylic acids is 1. The minimum absolute atomic E-state index is 0.622. The average molecular weight is 443 g/mol. The van der Waals surface area contributed by atoms with E-state index in [1.54, 1.807) is 6.20 Å². The number of nitrogens with zero attached hydrogens (tertiary/aromatic N) is 2. The van der Waals surface area contributed by atoms with Gasteiger partial charge in [0.2, 0.25) is 0 Å². The number of carbonyl (C=O) groups is 1.